The molecule has 2 aromatic rings. The number of hydrogen-bond acceptors (Lipinski definition) is 5. The lowest BCUT2D eigenvalue weighted by Gasteiger charge is -2.04. The van der Waals surface area contributed by atoms with Gasteiger partial charge in [0.25, 0.3) is 5.91 Å². The van der Waals surface area contributed by atoms with Gasteiger partial charge in [-0.2, -0.15) is 0 Å². The summed E-state index contributed by atoms with van der Waals surface area (Å²) in [6.07, 6.45) is 0.654. The molecule has 0 bridgehead atoms. The number of phenols is 1. The van der Waals surface area contributed by atoms with Crippen molar-refractivity contribution in [3.63, 3.8) is 0 Å². The molecule has 0 atom stereocenters. The Morgan fingerprint density at radius 2 is 2.09 bits per heavy atom. The molecule has 0 radical (unpaired) electrons. The quantitative estimate of drug-likeness (QED) is 0.831. The molecule has 2 rings (SSSR count). The van der Waals surface area contributed by atoms with E-state index in [9.17, 15) is 14.7 Å². The second-order valence-electron chi connectivity index (χ2n) is 4.66. The third-order valence-corrected chi connectivity index (χ3v) is 4.30. The first-order valence-electron chi connectivity index (χ1n) is 6.82. The minimum Gasteiger partial charge on any atom is -0.508 e. The van der Waals surface area contributed by atoms with E-state index >= 15 is 0 Å². The lowest BCUT2D eigenvalue weighted by molar-refractivity contribution is 0.0605. The van der Waals surface area contributed by atoms with Crippen LogP contribution < -0.4 is 5.32 Å². The Morgan fingerprint density at radius 1 is 1.32 bits per heavy atom. The zero-order valence-electron chi connectivity index (χ0n) is 12.4. The van der Waals surface area contributed by atoms with E-state index < -0.39 is 5.97 Å². The van der Waals surface area contributed by atoms with Crippen molar-refractivity contribution in [2.75, 3.05) is 7.11 Å². The summed E-state index contributed by atoms with van der Waals surface area (Å²) in [5, 5.41) is 12.2. The number of aromatic hydroxyl groups is 1. The Labute approximate surface area is 132 Å². The number of amides is 1. The van der Waals surface area contributed by atoms with Gasteiger partial charge in [-0.05, 0) is 35.7 Å². The maximum absolute atomic E-state index is 12.2. The van der Waals surface area contributed by atoms with Crippen LogP contribution >= 0.6 is 11.3 Å². The van der Waals surface area contributed by atoms with E-state index in [2.05, 4.69) is 5.32 Å². The summed E-state index contributed by atoms with van der Waals surface area (Å²) in [5.41, 5.74) is 1.60. The van der Waals surface area contributed by atoms with Crippen LogP contribution in [0.5, 0.6) is 5.75 Å². The molecule has 1 aromatic carbocycles. The maximum Gasteiger partial charge on any atom is 0.348 e. The number of benzene rings is 1. The molecule has 1 aromatic heterocycles. The Hall–Kier alpha value is -2.34. The largest absolute Gasteiger partial charge is 0.508 e. The molecule has 5 nitrogen and oxygen atoms in total. The van der Waals surface area contributed by atoms with Gasteiger partial charge in [0.2, 0.25) is 0 Å². The normalized spacial score (nSPS) is 10.3. The summed E-state index contributed by atoms with van der Waals surface area (Å²) >= 11 is 1.13. The summed E-state index contributed by atoms with van der Waals surface area (Å²) in [7, 11) is 1.32. The standard InChI is InChI=1S/C16H17NO4S/c1-3-11-8-13(22-14(11)16(20)21-2)15(19)17-9-10-5-4-6-12(18)7-10/h4-8,18H,3,9H2,1-2H3,(H,17,19). The highest BCUT2D eigenvalue weighted by Crippen LogP contribution is 2.24. The Kier molecular flexibility index (Phi) is 5.16. The van der Waals surface area contributed by atoms with Crippen molar-refractivity contribution in [2.45, 2.75) is 19.9 Å². The predicted molar refractivity (Wildman–Crippen MR) is 84.3 cm³/mol. The van der Waals surface area contributed by atoms with Crippen LogP contribution in [-0.2, 0) is 17.7 Å². The first kappa shape index (κ1) is 16.0. The second kappa shape index (κ2) is 7.09. The minimum atomic E-state index is -0.422. The second-order valence-corrected chi connectivity index (χ2v) is 5.71. The van der Waals surface area contributed by atoms with Crippen molar-refractivity contribution in [3.05, 3.63) is 51.2 Å². The molecule has 1 heterocycles. The van der Waals surface area contributed by atoms with Crippen LogP contribution in [-0.4, -0.2) is 24.1 Å². The van der Waals surface area contributed by atoms with Gasteiger partial charge in [-0.1, -0.05) is 19.1 Å². The molecule has 0 saturated heterocycles. The van der Waals surface area contributed by atoms with Gasteiger partial charge in [0.05, 0.1) is 12.0 Å². The predicted octanol–water partition coefficient (Wildman–Crippen LogP) is 2.73. The van der Waals surface area contributed by atoms with E-state index in [0.29, 0.717) is 22.7 Å². The van der Waals surface area contributed by atoms with Gasteiger partial charge >= 0.3 is 5.97 Å². The Bertz CT molecular complexity index is 693. The molecule has 6 heteroatoms. The van der Waals surface area contributed by atoms with Gasteiger partial charge in [-0.15, -0.1) is 11.3 Å². The number of phenolic OH excluding ortho intramolecular Hbond substituents is 1. The molecule has 0 spiro atoms. The fourth-order valence-corrected chi connectivity index (χ4v) is 3.09. The third kappa shape index (κ3) is 3.65. The molecular weight excluding hydrogens is 302 g/mol. The molecule has 0 fully saturated rings. The number of methoxy groups -OCH3 is 1. The van der Waals surface area contributed by atoms with Gasteiger partial charge < -0.3 is 15.2 Å². The van der Waals surface area contributed by atoms with Crippen LogP contribution in [0.25, 0.3) is 0 Å². The molecule has 2 N–H and O–H groups in total. The molecule has 22 heavy (non-hydrogen) atoms. The molecule has 116 valence electrons. The van der Waals surface area contributed by atoms with Crippen LogP contribution in [0.2, 0.25) is 0 Å². The lowest BCUT2D eigenvalue weighted by atomic mass is 10.2. The first-order valence-corrected chi connectivity index (χ1v) is 7.64. The van der Waals surface area contributed by atoms with Crippen molar-refractivity contribution in [1.82, 2.24) is 5.32 Å². The fourth-order valence-electron chi connectivity index (χ4n) is 2.00. The highest BCUT2D eigenvalue weighted by Gasteiger charge is 2.19. The number of carbonyl (C=O) groups is 2. The van der Waals surface area contributed by atoms with Crippen LogP contribution in [0, 0.1) is 0 Å². The van der Waals surface area contributed by atoms with E-state index in [1.165, 1.54) is 7.11 Å². The van der Waals surface area contributed by atoms with E-state index in [0.717, 1.165) is 22.5 Å². The number of hydrogen-bond donors (Lipinski definition) is 2. The topological polar surface area (TPSA) is 75.6 Å². The molecule has 0 unspecified atom stereocenters. The lowest BCUT2D eigenvalue weighted by Crippen LogP contribution is -2.21. The SMILES string of the molecule is CCc1cc(C(=O)NCc2cccc(O)c2)sc1C(=O)OC. The number of carbonyl (C=O) groups excluding carboxylic acids is 2. The van der Waals surface area contributed by atoms with Crippen LogP contribution in [0.4, 0.5) is 0 Å². The van der Waals surface area contributed by atoms with E-state index in [4.69, 9.17) is 4.74 Å². The van der Waals surface area contributed by atoms with Gasteiger partial charge in [0.1, 0.15) is 10.6 Å². The van der Waals surface area contributed by atoms with E-state index in [-0.39, 0.29) is 11.7 Å². The van der Waals surface area contributed by atoms with Crippen LogP contribution in [0.3, 0.4) is 0 Å². The van der Waals surface area contributed by atoms with Crippen molar-refractivity contribution in [1.29, 1.82) is 0 Å². The highest BCUT2D eigenvalue weighted by atomic mass is 32.1. The van der Waals surface area contributed by atoms with Crippen molar-refractivity contribution in [3.8, 4) is 5.75 Å². The monoisotopic (exact) mass is 319 g/mol. The van der Waals surface area contributed by atoms with Crippen molar-refractivity contribution in [2.24, 2.45) is 0 Å². The highest BCUT2D eigenvalue weighted by molar-refractivity contribution is 7.16. The molecule has 0 aliphatic rings. The Balaban J connectivity index is 2.09. The zero-order valence-corrected chi connectivity index (χ0v) is 13.2. The summed E-state index contributed by atoms with van der Waals surface area (Å²) < 4.78 is 4.73. The van der Waals surface area contributed by atoms with Crippen LogP contribution in [0.15, 0.2) is 30.3 Å². The first-order chi connectivity index (χ1) is 10.5. The van der Waals surface area contributed by atoms with Gasteiger partial charge in [0.15, 0.2) is 0 Å². The van der Waals surface area contributed by atoms with Gasteiger partial charge in [-0.25, -0.2) is 4.79 Å². The van der Waals surface area contributed by atoms with Gasteiger partial charge in [0, 0.05) is 6.54 Å². The average Bonchev–Trinajstić information content (AvgIpc) is 2.96. The molecule has 1 amide bonds. The number of esters is 1. The number of aryl methyl sites for hydroxylation is 1. The summed E-state index contributed by atoms with van der Waals surface area (Å²) in [5.74, 6) is -0.517. The smallest absolute Gasteiger partial charge is 0.348 e. The number of ether oxygens (including phenoxy) is 1. The van der Waals surface area contributed by atoms with E-state index in [1.54, 1.807) is 24.3 Å². The fraction of sp³-hybridized carbons (Fsp3) is 0.250. The maximum atomic E-state index is 12.2. The van der Waals surface area contributed by atoms with Crippen molar-refractivity contribution < 1.29 is 19.4 Å². The molecule has 0 aliphatic carbocycles. The molecule has 0 aliphatic heterocycles. The summed E-state index contributed by atoms with van der Waals surface area (Å²) in [6, 6.07) is 8.40. The minimum absolute atomic E-state index is 0.157. The van der Waals surface area contributed by atoms with Gasteiger partial charge in [-0.3, -0.25) is 4.79 Å². The summed E-state index contributed by atoms with van der Waals surface area (Å²) in [4.78, 5) is 24.8. The third-order valence-electron chi connectivity index (χ3n) is 3.15. The number of thiophene rings is 1. The zero-order chi connectivity index (χ0) is 16.1. The Morgan fingerprint density at radius 3 is 2.73 bits per heavy atom. The van der Waals surface area contributed by atoms with Crippen molar-refractivity contribution >= 4 is 23.2 Å². The number of nitrogens with one attached hydrogen (secondary N) is 1. The van der Waals surface area contributed by atoms with E-state index in [1.807, 2.05) is 13.0 Å². The van der Waals surface area contributed by atoms with Crippen LogP contribution in [0.1, 0.15) is 37.4 Å². The molecular formula is C16H17NO4S. The number of rotatable bonds is 5. The average molecular weight is 319 g/mol. The molecule has 0 saturated carbocycles. The summed E-state index contributed by atoms with van der Waals surface area (Å²) in [6.45, 7) is 2.23.